The molecule has 0 atom stereocenters. The predicted molar refractivity (Wildman–Crippen MR) is 480 cm³/mol. The van der Waals surface area contributed by atoms with Gasteiger partial charge >= 0.3 is 0 Å². The molecule has 103 heavy (non-hydrogen) atoms. The van der Waals surface area contributed by atoms with Gasteiger partial charge in [0.05, 0.1) is 37.1 Å². The molecule has 32 radical (unpaired) electrons. The summed E-state index contributed by atoms with van der Waals surface area (Å²) in [5.74, 6) is 56.6. The van der Waals surface area contributed by atoms with Gasteiger partial charge in [0, 0.05) is 199 Å². The standard InChI is InChI=1S/C76H51B27/c1-20-25-28-29-30-31-32-34-37-54-52(19)58-47(14)48(15)59(57(38-33-26-21-2)67(58)66-56(36-27-22-3)55(35-23-4)53(24-5)51(18)60(54)66)68-61-43(10)39(6)41(8)45(12)63(61)69(64-46(13)42(9)40(7)44(11)62(64)68)65-49(16)50(17)72(77)71-70(65)73(94(80)98(81)82)75(95(92-78)99(83)84)76(96(100(85)86)101(87)88)74(71)97(102(89)90)103(91)93-79/h1,3,5H,2,4,6-19H3. The molecule has 8 aromatic rings. The maximum atomic E-state index is 7.84. The fraction of sp³-hybridized carbons (Fsp3) is 0.211. The van der Waals surface area contributed by atoms with Gasteiger partial charge in [0.15, 0.2) is 0 Å². The van der Waals surface area contributed by atoms with E-state index < -0.39 is 64.3 Å². The highest BCUT2D eigenvalue weighted by atomic mass is 14.3. The van der Waals surface area contributed by atoms with Crippen molar-refractivity contribution >= 4 is 276 Å². The summed E-state index contributed by atoms with van der Waals surface area (Å²) in [6.45, 7) is 28.5. The van der Waals surface area contributed by atoms with Crippen molar-refractivity contribution in [3.8, 4) is 154 Å². The summed E-state index contributed by atoms with van der Waals surface area (Å²) in [4.78, 5) is 0. The minimum Gasteiger partial charge on any atom is -0.115 e. The highest BCUT2D eigenvalue weighted by molar-refractivity contribution is 7.89. The van der Waals surface area contributed by atoms with E-state index in [-0.39, 0.29) is 0 Å². The highest BCUT2D eigenvalue weighted by Crippen LogP contribution is 2.55. The van der Waals surface area contributed by atoms with Gasteiger partial charge in [-0.25, -0.2) is 0 Å². The summed E-state index contributed by atoms with van der Waals surface area (Å²) >= 11 is 0. The summed E-state index contributed by atoms with van der Waals surface area (Å²) in [6.07, 6.45) is 10.6. The van der Waals surface area contributed by atoms with Crippen molar-refractivity contribution in [3.05, 3.63) is 106 Å². The number of aryl methyl sites for hydroxylation is 7. The molecule has 0 fully saturated rings. The summed E-state index contributed by atoms with van der Waals surface area (Å²) in [7, 11) is 108. The van der Waals surface area contributed by atoms with Crippen LogP contribution >= 0.6 is 0 Å². The van der Waals surface area contributed by atoms with Gasteiger partial charge in [-0.1, -0.05) is 57.5 Å². The second-order valence-electron chi connectivity index (χ2n) is 26.6. The lowest BCUT2D eigenvalue weighted by atomic mass is 8.66. The third-order valence-electron chi connectivity index (χ3n) is 21.4. The van der Waals surface area contributed by atoms with Crippen molar-refractivity contribution in [2.45, 2.75) is 111 Å². The molecule has 0 N–H and O–H groups in total. The zero-order valence-electron chi connectivity index (χ0n) is 61.8. The Labute approximate surface area is 641 Å². The Balaban J connectivity index is 1.93. The van der Waals surface area contributed by atoms with Gasteiger partial charge in [0.1, 0.15) is 7.85 Å². The van der Waals surface area contributed by atoms with E-state index in [0.29, 0.717) is 87.8 Å². The van der Waals surface area contributed by atoms with Crippen LogP contribution in [0.5, 0.6) is 0 Å². The van der Waals surface area contributed by atoms with Crippen LogP contribution in [0.3, 0.4) is 0 Å². The molecule has 0 aromatic heterocycles. The molecule has 8 rings (SSSR count). The zero-order valence-corrected chi connectivity index (χ0v) is 61.8. The second-order valence-corrected chi connectivity index (χ2v) is 26.6. The van der Waals surface area contributed by atoms with Crippen molar-refractivity contribution in [3.63, 3.8) is 0 Å². The van der Waals surface area contributed by atoms with E-state index in [9.17, 15) is 0 Å². The largest absolute Gasteiger partial charge is 0.115 e. The number of hydrogen-bond donors (Lipinski definition) is 0. The SMILES string of the molecule is [B][B]B([B])B(B([B])[B])c1c(B(B([B])[B])B([B])[B])c(B([B][B])B([B])[B])c(B([B])B([B])[B])c2c(-c3c4c(C)c(C)c(C)c(C)c4c(-c4c(C)c(C)c5c(C)c(C#CC#CC#CC#CC#C)c6c(C)c(C#C)c(C#CC)c(C#CC#C)c6c5c4C#CC#CC)c4c(C)c(C)c(C)c(C)c34)c(C)c(C)c([B])c12. The molecular weight excluding hydrogens is 1200 g/mol. The van der Waals surface area contributed by atoms with E-state index in [0.717, 1.165) is 121 Å². The van der Waals surface area contributed by atoms with Crippen LogP contribution in [0.4, 0.5) is 0 Å². The molecule has 0 heterocycles. The summed E-state index contributed by atoms with van der Waals surface area (Å²) in [5, 5.41) is 7.48. The second kappa shape index (κ2) is 33.0. The van der Waals surface area contributed by atoms with Gasteiger partial charge in [-0.15, -0.1) is 36.1 Å². The molecule has 0 aliphatic heterocycles. The molecule has 0 aliphatic rings. The maximum absolute atomic E-state index is 7.84. The van der Waals surface area contributed by atoms with Crippen LogP contribution in [0, 0.1) is 229 Å². The normalized spacial score (nSPS) is 10.1. The third-order valence-corrected chi connectivity index (χ3v) is 21.4. The Hall–Kier alpha value is -8.03. The van der Waals surface area contributed by atoms with Crippen molar-refractivity contribution in [1.29, 1.82) is 0 Å². The third kappa shape index (κ3) is 13.8. The zero-order chi connectivity index (χ0) is 76.6. The number of benzene rings is 8. The molecule has 0 saturated heterocycles. The van der Waals surface area contributed by atoms with Crippen molar-refractivity contribution in [2.24, 2.45) is 0 Å². The van der Waals surface area contributed by atoms with Crippen LogP contribution in [-0.4, -0.2) is 195 Å². The Morgan fingerprint density at radius 1 is 0.291 bits per heavy atom. The van der Waals surface area contributed by atoms with Crippen LogP contribution in [0.15, 0.2) is 0 Å². The van der Waals surface area contributed by atoms with Crippen LogP contribution < -0.4 is 27.3 Å². The average molecular weight is 1260 g/mol. The average Bonchev–Trinajstić information content (AvgIpc) is 0.685. The fourth-order valence-corrected chi connectivity index (χ4v) is 15.7. The van der Waals surface area contributed by atoms with Crippen LogP contribution in [0.25, 0.3) is 76.1 Å². The molecule has 0 saturated carbocycles. The monoisotopic (exact) mass is 1260 g/mol. The summed E-state index contributed by atoms with van der Waals surface area (Å²) < 4.78 is 0. The number of rotatable bonds is 14. The lowest BCUT2D eigenvalue weighted by molar-refractivity contribution is 1.24. The van der Waals surface area contributed by atoms with E-state index in [4.69, 9.17) is 135 Å². The molecule has 0 nitrogen and oxygen atoms in total. The predicted octanol–water partition coefficient (Wildman–Crippen LogP) is 1.40. The van der Waals surface area contributed by atoms with Gasteiger partial charge in [-0.2, -0.15) is 0 Å². The molecule has 436 valence electrons. The minimum absolute atomic E-state index is 0.296. The van der Waals surface area contributed by atoms with Crippen LogP contribution in [0.2, 0.25) is 0 Å². The first kappa shape index (κ1) is 80.7. The van der Waals surface area contributed by atoms with Gasteiger partial charge in [-0.05, 0) is 309 Å². The van der Waals surface area contributed by atoms with Gasteiger partial charge in [0.2, 0.25) is 0 Å². The van der Waals surface area contributed by atoms with E-state index in [1.54, 1.807) is 13.8 Å². The van der Waals surface area contributed by atoms with E-state index >= 15 is 0 Å². The molecule has 0 unspecified atom stereocenters. The van der Waals surface area contributed by atoms with Gasteiger partial charge in [0.25, 0.3) is 0 Å². The minimum atomic E-state index is -1.29. The topological polar surface area (TPSA) is 0 Å². The van der Waals surface area contributed by atoms with Gasteiger partial charge in [-0.3, -0.25) is 0 Å². The molecule has 0 bridgehead atoms. The molecule has 8 aromatic carbocycles. The highest BCUT2D eigenvalue weighted by Gasteiger charge is 2.43. The van der Waals surface area contributed by atoms with Crippen LogP contribution in [-0.2, 0) is 0 Å². The van der Waals surface area contributed by atoms with Crippen molar-refractivity contribution in [1.82, 2.24) is 0 Å². The fourth-order valence-electron chi connectivity index (χ4n) is 15.7. The van der Waals surface area contributed by atoms with E-state index in [1.165, 1.54) is 14.1 Å². The Morgan fingerprint density at radius 3 is 1.17 bits per heavy atom. The maximum Gasteiger partial charge on any atom is 0.115 e. The molecular formula is C76H51B27. The first-order valence-corrected chi connectivity index (χ1v) is 33.6. The van der Waals surface area contributed by atoms with Crippen molar-refractivity contribution in [2.75, 3.05) is 0 Å². The lowest BCUT2D eigenvalue weighted by Crippen LogP contribution is -2.80. The van der Waals surface area contributed by atoms with Crippen molar-refractivity contribution < 1.29 is 0 Å². The quantitative estimate of drug-likeness (QED) is 0.0670. The Morgan fingerprint density at radius 2 is 0.728 bits per heavy atom. The molecule has 0 aliphatic carbocycles. The summed E-state index contributed by atoms with van der Waals surface area (Å²) in [5.41, 5.74) is 20.6. The Bertz CT molecular complexity index is 5630. The number of terminal acetylenes is 3. The number of fused-ring (bicyclic) bond motifs is 6. The molecule has 0 amide bonds. The Kier molecular flexibility index (Phi) is 25.8. The van der Waals surface area contributed by atoms with E-state index in [2.05, 4.69) is 189 Å². The molecule has 27 heteroatoms. The first-order valence-electron chi connectivity index (χ1n) is 33.6. The van der Waals surface area contributed by atoms with Gasteiger partial charge < -0.3 is 0 Å². The first-order chi connectivity index (χ1) is 48.7. The smallest absolute Gasteiger partial charge is 0.115 e. The number of hydrogen-bond acceptors (Lipinski definition) is 0. The van der Waals surface area contributed by atoms with Crippen LogP contribution in [0.1, 0.15) is 120 Å². The summed E-state index contributed by atoms with van der Waals surface area (Å²) in [6, 6.07) is 0. The molecule has 0 spiro atoms. The van der Waals surface area contributed by atoms with E-state index in [1.807, 2.05) is 20.8 Å². The lowest BCUT2D eigenvalue weighted by Gasteiger charge is -2.42.